The first kappa shape index (κ1) is 18.1. The van der Waals surface area contributed by atoms with E-state index in [0.29, 0.717) is 19.0 Å². The summed E-state index contributed by atoms with van der Waals surface area (Å²) in [5.41, 5.74) is 4.64. The zero-order chi connectivity index (χ0) is 20.0. The summed E-state index contributed by atoms with van der Waals surface area (Å²) in [5, 5.41) is 0. The van der Waals surface area contributed by atoms with Gasteiger partial charge in [0, 0.05) is 42.6 Å². The Morgan fingerprint density at radius 3 is 2.69 bits per heavy atom. The standard InChI is InChI=1S/C24H24FN3O/c1-16-7-8-19(25)12-21(16)24-23(18-5-3-2-4-6-18)26-15-27(24)13-17-11-22(29)28(14-17)20-9-10-20/h2-8,12,15,17,20H,9-11,13-14H2,1H3/t17-/m0/s1. The lowest BCUT2D eigenvalue weighted by Crippen LogP contribution is -2.27. The number of rotatable bonds is 5. The fourth-order valence-electron chi connectivity index (χ4n) is 4.41. The highest BCUT2D eigenvalue weighted by molar-refractivity contribution is 5.81. The molecule has 4 nitrogen and oxygen atoms in total. The number of aryl methyl sites for hydroxylation is 1. The lowest BCUT2D eigenvalue weighted by atomic mass is 10.00. The quantitative estimate of drug-likeness (QED) is 0.636. The molecule has 3 aromatic rings. The van der Waals surface area contributed by atoms with E-state index in [4.69, 9.17) is 4.98 Å². The molecule has 148 valence electrons. The van der Waals surface area contributed by atoms with E-state index in [1.807, 2.05) is 54.5 Å². The minimum atomic E-state index is -0.256. The number of likely N-dealkylation sites (tertiary alicyclic amines) is 1. The molecule has 1 atom stereocenters. The summed E-state index contributed by atoms with van der Waals surface area (Å²) in [6.45, 7) is 3.51. The van der Waals surface area contributed by atoms with E-state index >= 15 is 0 Å². The smallest absolute Gasteiger partial charge is 0.223 e. The molecular weight excluding hydrogens is 365 g/mol. The number of benzene rings is 2. The molecule has 5 rings (SSSR count). The van der Waals surface area contributed by atoms with Crippen LogP contribution < -0.4 is 0 Å². The van der Waals surface area contributed by atoms with Gasteiger partial charge in [-0.25, -0.2) is 9.37 Å². The van der Waals surface area contributed by atoms with Crippen molar-refractivity contribution in [3.8, 4) is 22.5 Å². The SMILES string of the molecule is Cc1ccc(F)cc1-c1c(-c2ccccc2)ncn1C[C@@H]1CC(=O)N(C2CC2)C1. The van der Waals surface area contributed by atoms with Gasteiger partial charge in [-0.3, -0.25) is 4.79 Å². The van der Waals surface area contributed by atoms with Gasteiger partial charge in [0.05, 0.1) is 17.7 Å². The maximum Gasteiger partial charge on any atom is 0.223 e. The van der Waals surface area contributed by atoms with Gasteiger partial charge in [-0.2, -0.15) is 0 Å². The van der Waals surface area contributed by atoms with E-state index in [0.717, 1.165) is 47.5 Å². The number of imidazole rings is 1. The monoisotopic (exact) mass is 389 g/mol. The number of nitrogens with zero attached hydrogens (tertiary/aromatic N) is 3. The molecule has 1 aliphatic heterocycles. The van der Waals surface area contributed by atoms with Crippen molar-refractivity contribution in [2.24, 2.45) is 5.92 Å². The maximum atomic E-state index is 14.1. The predicted octanol–water partition coefficient (Wildman–Crippen LogP) is 4.68. The van der Waals surface area contributed by atoms with E-state index in [1.54, 1.807) is 6.07 Å². The molecule has 29 heavy (non-hydrogen) atoms. The van der Waals surface area contributed by atoms with Gasteiger partial charge in [0.2, 0.25) is 5.91 Å². The predicted molar refractivity (Wildman–Crippen MR) is 111 cm³/mol. The molecule has 0 bridgehead atoms. The van der Waals surface area contributed by atoms with Crippen molar-refractivity contribution in [2.45, 2.75) is 38.8 Å². The number of halogens is 1. The van der Waals surface area contributed by atoms with Crippen LogP contribution in [0.2, 0.25) is 0 Å². The van der Waals surface area contributed by atoms with Crippen LogP contribution in [0.3, 0.4) is 0 Å². The topological polar surface area (TPSA) is 38.1 Å². The van der Waals surface area contributed by atoms with Crippen LogP contribution >= 0.6 is 0 Å². The molecule has 2 aromatic carbocycles. The van der Waals surface area contributed by atoms with Gasteiger partial charge < -0.3 is 9.47 Å². The Morgan fingerprint density at radius 1 is 1.14 bits per heavy atom. The lowest BCUT2D eigenvalue weighted by Gasteiger charge is -2.18. The van der Waals surface area contributed by atoms with Crippen LogP contribution in [0.15, 0.2) is 54.9 Å². The Labute approximate surface area is 170 Å². The number of carbonyl (C=O) groups is 1. The zero-order valence-electron chi connectivity index (χ0n) is 16.5. The summed E-state index contributed by atoms with van der Waals surface area (Å²) >= 11 is 0. The second kappa shape index (κ2) is 7.14. The van der Waals surface area contributed by atoms with Crippen LogP contribution in [0.4, 0.5) is 4.39 Å². The van der Waals surface area contributed by atoms with Crippen molar-refractivity contribution in [1.29, 1.82) is 0 Å². The second-order valence-corrected chi connectivity index (χ2v) is 8.27. The average molecular weight is 389 g/mol. The van der Waals surface area contributed by atoms with Crippen molar-refractivity contribution >= 4 is 5.91 Å². The van der Waals surface area contributed by atoms with Gasteiger partial charge in [-0.1, -0.05) is 36.4 Å². The van der Waals surface area contributed by atoms with E-state index in [-0.39, 0.29) is 17.6 Å². The molecule has 2 aliphatic rings. The molecule has 0 spiro atoms. The van der Waals surface area contributed by atoms with Gasteiger partial charge >= 0.3 is 0 Å². The number of aromatic nitrogens is 2. The van der Waals surface area contributed by atoms with E-state index in [9.17, 15) is 9.18 Å². The Bertz CT molecular complexity index is 1060. The first-order valence-corrected chi connectivity index (χ1v) is 10.3. The van der Waals surface area contributed by atoms with Crippen molar-refractivity contribution in [1.82, 2.24) is 14.5 Å². The Balaban J connectivity index is 1.54. The third-order valence-electron chi connectivity index (χ3n) is 6.02. The lowest BCUT2D eigenvalue weighted by molar-refractivity contribution is -0.128. The van der Waals surface area contributed by atoms with Crippen LogP contribution in [0.1, 0.15) is 24.8 Å². The first-order chi connectivity index (χ1) is 14.1. The summed E-state index contributed by atoms with van der Waals surface area (Å²) in [6.07, 6.45) is 4.69. The highest BCUT2D eigenvalue weighted by Crippen LogP contribution is 2.36. The van der Waals surface area contributed by atoms with E-state index < -0.39 is 0 Å². The first-order valence-electron chi connectivity index (χ1n) is 10.3. The molecule has 1 aliphatic carbocycles. The molecule has 0 radical (unpaired) electrons. The van der Waals surface area contributed by atoms with Crippen LogP contribution in [0.5, 0.6) is 0 Å². The van der Waals surface area contributed by atoms with Crippen molar-refractivity contribution in [2.75, 3.05) is 6.54 Å². The molecule has 0 N–H and O–H groups in total. The summed E-state index contributed by atoms with van der Waals surface area (Å²) in [7, 11) is 0. The van der Waals surface area contributed by atoms with Crippen molar-refractivity contribution in [3.05, 3.63) is 66.2 Å². The summed E-state index contributed by atoms with van der Waals surface area (Å²) in [4.78, 5) is 19.1. The summed E-state index contributed by atoms with van der Waals surface area (Å²) in [5.74, 6) is 0.270. The zero-order valence-corrected chi connectivity index (χ0v) is 16.5. The van der Waals surface area contributed by atoms with Gasteiger partial charge in [-0.15, -0.1) is 0 Å². The Kier molecular flexibility index (Phi) is 4.46. The molecule has 1 aromatic heterocycles. The van der Waals surface area contributed by atoms with Gasteiger partial charge in [0.15, 0.2) is 0 Å². The summed E-state index contributed by atoms with van der Waals surface area (Å²) in [6, 6.07) is 15.3. The average Bonchev–Trinajstić information content (AvgIpc) is 3.38. The fraction of sp³-hybridized carbons (Fsp3) is 0.333. The summed E-state index contributed by atoms with van der Waals surface area (Å²) < 4.78 is 16.2. The third-order valence-corrected chi connectivity index (χ3v) is 6.02. The Hall–Kier alpha value is -2.95. The minimum absolute atomic E-state index is 0.256. The van der Waals surface area contributed by atoms with Crippen molar-refractivity contribution in [3.63, 3.8) is 0 Å². The van der Waals surface area contributed by atoms with Gasteiger partial charge in [-0.05, 0) is 37.5 Å². The van der Waals surface area contributed by atoms with E-state index in [1.165, 1.54) is 6.07 Å². The minimum Gasteiger partial charge on any atom is -0.339 e. The largest absolute Gasteiger partial charge is 0.339 e. The van der Waals surface area contributed by atoms with Gasteiger partial charge in [0.1, 0.15) is 5.82 Å². The molecule has 2 fully saturated rings. The van der Waals surface area contributed by atoms with Gasteiger partial charge in [0.25, 0.3) is 0 Å². The molecule has 1 saturated heterocycles. The van der Waals surface area contributed by atoms with E-state index in [2.05, 4.69) is 4.57 Å². The maximum absolute atomic E-state index is 14.1. The van der Waals surface area contributed by atoms with Crippen molar-refractivity contribution < 1.29 is 9.18 Å². The van der Waals surface area contributed by atoms with Crippen LogP contribution in [0, 0.1) is 18.7 Å². The van der Waals surface area contributed by atoms with Crippen LogP contribution in [-0.4, -0.2) is 32.9 Å². The molecule has 1 amide bonds. The molecule has 0 unspecified atom stereocenters. The number of hydrogen-bond donors (Lipinski definition) is 0. The van der Waals surface area contributed by atoms with Crippen LogP contribution in [-0.2, 0) is 11.3 Å². The third kappa shape index (κ3) is 3.46. The second-order valence-electron chi connectivity index (χ2n) is 8.27. The molecule has 5 heteroatoms. The number of hydrogen-bond acceptors (Lipinski definition) is 2. The Morgan fingerprint density at radius 2 is 1.93 bits per heavy atom. The highest BCUT2D eigenvalue weighted by Gasteiger charge is 2.39. The van der Waals surface area contributed by atoms with Crippen LogP contribution in [0.25, 0.3) is 22.5 Å². The molecule has 2 heterocycles. The molecule has 1 saturated carbocycles. The number of carbonyl (C=O) groups excluding carboxylic acids is 1. The fourth-order valence-corrected chi connectivity index (χ4v) is 4.41. The molecular formula is C24H24FN3O. The highest BCUT2D eigenvalue weighted by atomic mass is 19.1. The normalized spacial score (nSPS) is 19.2. The number of amides is 1.